The minimum Gasteiger partial charge on any atom is -0.284 e. The zero-order valence-electron chi connectivity index (χ0n) is 8.07. The van der Waals surface area contributed by atoms with Gasteiger partial charge in [0, 0.05) is 5.56 Å². The molecule has 0 heterocycles. The molecule has 0 aliphatic carbocycles. The van der Waals surface area contributed by atoms with Gasteiger partial charge in [0.15, 0.2) is 0 Å². The number of hydrogen-bond donors (Lipinski definition) is 0. The monoisotopic (exact) mass is 236 g/mol. The molecule has 0 unspecified atom stereocenters. The van der Waals surface area contributed by atoms with Crippen LogP contribution in [0, 0.1) is 13.8 Å². The van der Waals surface area contributed by atoms with Crippen molar-refractivity contribution in [3.63, 3.8) is 0 Å². The number of ketones is 1. The van der Waals surface area contributed by atoms with E-state index in [4.69, 9.17) is 11.6 Å². The van der Waals surface area contributed by atoms with Gasteiger partial charge in [0.05, 0.1) is 5.02 Å². The fourth-order valence-electron chi connectivity index (χ4n) is 1.11. The topological polar surface area (TPSA) is 17.1 Å². The summed E-state index contributed by atoms with van der Waals surface area (Å²) in [6, 6.07) is 2.52. The fraction of sp³-hybridized carbons (Fsp3) is 0.300. The van der Waals surface area contributed by atoms with Gasteiger partial charge in [-0.2, -0.15) is 13.2 Å². The van der Waals surface area contributed by atoms with Crippen molar-refractivity contribution >= 4 is 17.4 Å². The van der Waals surface area contributed by atoms with Crippen LogP contribution in [0.5, 0.6) is 0 Å². The Hall–Kier alpha value is -1.03. The second kappa shape index (κ2) is 3.85. The first-order valence-electron chi connectivity index (χ1n) is 4.11. The van der Waals surface area contributed by atoms with Crippen molar-refractivity contribution in [3.05, 3.63) is 33.8 Å². The third-order valence-corrected chi connectivity index (χ3v) is 2.40. The molecule has 0 saturated carbocycles. The third-order valence-electron chi connectivity index (χ3n) is 2.09. The summed E-state index contributed by atoms with van der Waals surface area (Å²) in [5.41, 5.74) is 0.859. The van der Waals surface area contributed by atoms with Crippen molar-refractivity contribution in [1.82, 2.24) is 0 Å². The lowest BCUT2D eigenvalue weighted by Gasteiger charge is -2.09. The molecule has 15 heavy (non-hydrogen) atoms. The van der Waals surface area contributed by atoms with Gasteiger partial charge in [0.25, 0.3) is 5.78 Å². The van der Waals surface area contributed by atoms with E-state index in [2.05, 4.69) is 0 Å². The van der Waals surface area contributed by atoms with E-state index in [0.29, 0.717) is 5.56 Å². The fourth-order valence-corrected chi connectivity index (χ4v) is 1.41. The molecule has 0 aliphatic rings. The Labute approximate surface area is 89.9 Å². The summed E-state index contributed by atoms with van der Waals surface area (Å²) in [6.45, 7) is 3.34. The molecule has 0 amide bonds. The molecule has 0 bridgehead atoms. The zero-order chi connectivity index (χ0) is 11.8. The second-order valence-corrected chi connectivity index (χ2v) is 3.65. The Morgan fingerprint density at radius 3 is 2.13 bits per heavy atom. The van der Waals surface area contributed by atoms with Crippen molar-refractivity contribution in [2.24, 2.45) is 0 Å². The highest BCUT2D eigenvalue weighted by atomic mass is 35.5. The van der Waals surface area contributed by atoms with Crippen molar-refractivity contribution in [1.29, 1.82) is 0 Å². The Kier molecular flexibility index (Phi) is 3.09. The van der Waals surface area contributed by atoms with E-state index < -0.39 is 17.5 Å². The average molecular weight is 237 g/mol. The molecule has 1 nitrogen and oxygen atoms in total. The summed E-state index contributed by atoms with van der Waals surface area (Å²) < 4.78 is 36.4. The van der Waals surface area contributed by atoms with Crippen LogP contribution in [0.15, 0.2) is 12.1 Å². The zero-order valence-corrected chi connectivity index (χ0v) is 8.83. The van der Waals surface area contributed by atoms with Crippen molar-refractivity contribution in [3.8, 4) is 0 Å². The summed E-state index contributed by atoms with van der Waals surface area (Å²) >= 11 is 5.58. The number of rotatable bonds is 1. The molecular formula is C10H8ClF3O. The maximum Gasteiger partial charge on any atom is 0.454 e. The lowest BCUT2D eigenvalue weighted by Crippen LogP contribution is -2.23. The number of hydrogen-bond acceptors (Lipinski definition) is 1. The molecule has 1 rings (SSSR count). The number of Topliss-reactive ketones (excluding diaryl/α,β-unsaturated/α-hetero) is 1. The van der Waals surface area contributed by atoms with E-state index in [1.807, 2.05) is 0 Å². The van der Waals surface area contributed by atoms with E-state index in [-0.39, 0.29) is 5.02 Å². The highest BCUT2D eigenvalue weighted by Gasteiger charge is 2.40. The molecule has 1 aromatic carbocycles. The van der Waals surface area contributed by atoms with E-state index in [0.717, 1.165) is 11.6 Å². The predicted molar refractivity (Wildman–Crippen MR) is 51.3 cm³/mol. The van der Waals surface area contributed by atoms with Crippen LogP contribution >= 0.6 is 11.6 Å². The Bertz CT molecular complexity index is 410. The van der Waals surface area contributed by atoms with Crippen LogP contribution in [0.3, 0.4) is 0 Å². The van der Waals surface area contributed by atoms with Crippen LogP contribution in [-0.4, -0.2) is 12.0 Å². The molecular weight excluding hydrogens is 229 g/mol. The number of aryl methyl sites for hydroxylation is 2. The molecule has 0 radical (unpaired) electrons. The Balaban J connectivity index is 3.28. The Morgan fingerprint density at radius 1 is 1.20 bits per heavy atom. The molecule has 0 atom stereocenters. The van der Waals surface area contributed by atoms with Crippen LogP contribution in [0.1, 0.15) is 21.5 Å². The van der Waals surface area contributed by atoms with Crippen LogP contribution in [0.2, 0.25) is 5.02 Å². The number of carbonyl (C=O) groups excluding carboxylic acids is 1. The van der Waals surface area contributed by atoms with Crippen LogP contribution in [0.4, 0.5) is 13.2 Å². The van der Waals surface area contributed by atoms with Gasteiger partial charge in [0.1, 0.15) is 0 Å². The smallest absolute Gasteiger partial charge is 0.284 e. The number of halogens is 4. The molecule has 5 heteroatoms. The summed E-state index contributed by atoms with van der Waals surface area (Å²) in [7, 11) is 0. The Morgan fingerprint density at radius 2 is 1.67 bits per heavy atom. The summed E-state index contributed by atoms with van der Waals surface area (Å²) in [5.74, 6) is -1.91. The lowest BCUT2D eigenvalue weighted by atomic mass is 10.0. The normalized spacial score (nSPS) is 11.6. The molecule has 0 N–H and O–H groups in total. The van der Waals surface area contributed by atoms with Gasteiger partial charge < -0.3 is 0 Å². The molecule has 0 spiro atoms. The molecule has 0 aromatic heterocycles. The molecule has 1 aromatic rings. The van der Waals surface area contributed by atoms with Crippen LogP contribution in [0.25, 0.3) is 0 Å². The maximum atomic E-state index is 12.1. The minimum atomic E-state index is -4.88. The maximum absolute atomic E-state index is 12.1. The van der Waals surface area contributed by atoms with Crippen molar-refractivity contribution in [2.75, 3.05) is 0 Å². The second-order valence-electron chi connectivity index (χ2n) is 3.24. The van der Waals surface area contributed by atoms with E-state index in [9.17, 15) is 18.0 Å². The highest BCUT2D eigenvalue weighted by molar-refractivity contribution is 6.34. The standard InChI is InChI=1S/C10H8ClF3O/c1-5-3-7(8(11)4-6(5)2)9(15)10(12,13)14/h3-4H,1-2H3. The van der Waals surface area contributed by atoms with Gasteiger partial charge in [-0.1, -0.05) is 11.6 Å². The first-order valence-corrected chi connectivity index (χ1v) is 4.49. The number of benzene rings is 1. The third kappa shape index (κ3) is 2.50. The summed E-state index contributed by atoms with van der Waals surface area (Å²) in [5, 5.41) is -0.166. The molecule has 82 valence electrons. The predicted octanol–water partition coefficient (Wildman–Crippen LogP) is 3.70. The van der Waals surface area contributed by atoms with E-state index >= 15 is 0 Å². The van der Waals surface area contributed by atoms with Gasteiger partial charge in [-0.15, -0.1) is 0 Å². The molecule has 0 fully saturated rings. The largest absolute Gasteiger partial charge is 0.454 e. The van der Waals surface area contributed by atoms with Crippen molar-refractivity contribution < 1.29 is 18.0 Å². The van der Waals surface area contributed by atoms with E-state index in [1.54, 1.807) is 13.8 Å². The van der Waals surface area contributed by atoms with E-state index in [1.165, 1.54) is 6.07 Å². The first-order chi connectivity index (χ1) is 6.73. The first kappa shape index (κ1) is 12.0. The molecule has 0 saturated heterocycles. The number of alkyl halides is 3. The van der Waals surface area contributed by atoms with Crippen molar-refractivity contribution in [2.45, 2.75) is 20.0 Å². The van der Waals surface area contributed by atoms with Crippen LogP contribution < -0.4 is 0 Å². The number of carbonyl (C=O) groups is 1. The molecule has 0 aliphatic heterocycles. The van der Waals surface area contributed by atoms with Gasteiger partial charge in [-0.25, -0.2) is 0 Å². The van der Waals surface area contributed by atoms with Crippen LogP contribution in [-0.2, 0) is 0 Å². The SMILES string of the molecule is Cc1cc(Cl)c(C(=O)C(F)(F)F)cc1C. The van der Waals surface area contributed by atoms with Gasteiger partial charge in [0.2, 0.25) is 0 Å². The summed E-state index contributed by atoms with van der Waals surface area (Å²) in [6.07, 6.45) is -4.88. The van der Waals surface area contributed by atoms with Gasteiger partial charge in [-0.05, 0) is 37.1 Å². The van der Waals surface area contributed by atoms with Gasteiger partial charge in [-0.3, -0.25) is 4.79 Å². The minimum absolute atomic E-state index is 0.166. The highest BCUT2D eigenvalue weighted by Crippen LogP contribution is 2.28. The quantitative estimate of drug-likeness (QED) is 0.680. The summed E-state index contributed by atoms with van der Waals surface area (Å²) in [4.78, 5) is 10.9. The lowest BCUT2D eigenvalue weighted by molar-refractivity contribution is -0.0885. The van der Waals surface area contributed by atoms with Gasteiger partial charge >= 0.3 is 6.18 Å². The average Bonchev–Trinajstić information content (AvgIpc) is 2.08.